The lowest BCUT2D eigenvalue weighted by Crippen LogP contribution is -2.25. The minimum atomic E-state index is -0.862. The minimum Gasteiger partial charge on any atom is -0.481 e. The molecule has 0 unspecified atom stereocenters. The van der Waals surface area contributed by atoms with Crippen LogP contribution in [0.5, 0.6) is 0 Å². The van der Waals surface area contributed by atoms with E-state index >= 15 is 0 Å². The van der Waals surface area contributed by atoms with E-state index in [0.717, 1.165) is 21.3 Å². The number of carbonyl (C=O) groups excluding carboxylic acids is 1. The highest BCUT2D eigenvalue weighted by molar-refractivity contribution is 8.01. The zero-order valence-electron chi connectivity index (χ0n) is 10.4. The Morgan fingerprint density at radius 1 is 1.50 bits per heavy atom. The standard InChI is InChI=1S/C11H16N2O3S2/c1-3-4-12-9(14)6-17-11-13-7(2)8(18-11)5-10(15)16/h3-6H2,1-2H3,(H,12,14)(H,15,16). The summed E-state index contributed by atoms with van der Waals surface area (Å²) in [6.07, 6.45) is 0.904. The molecule has 1 rings (SSSR count). The molecule has 0 aliphatic carbocycles. The van der Waals surface area contributed by atoms with Gasteiger partial charge in [-0.2, -0.15) is 0 Å². The summed E-state index contributed by atoms with van der Waals surface area (Å²) in [7, 11) is 0. The predicted molar refractivity (Wildman–Crippen MR) is 72.2 cm³/mol. The van der Waals surface area contributed by atoms with Crippen LogP contribution in [0.3, 0.4) is 0 Å². The van der Waals surface area contributed by atoms with E-state index in [9.17, 15) is 9.59 Å². The number of carboxylic acid groups (broad SMARTS) is 1. The van der Waals surface area contributed by atoms with Crippen molar-refractivity contribution in [3.8, 4) is 0 Å². The maximum Gasteiger partial charge on any atom is 0.308 e. The Bertz CT molecular complexity index is 432. The number of amides is 1. The number of hydrogen-bond acceptors (Lipinski definition) is 5. The molecule has 0 saturated heterocycles. The summed E-state index contributed by atoms with van der Waals surface area (Å²) < 4.78 is 0.746. The lowest BCUT2D eigenvalue weighted by Gasteiger charge is -2.00. The molecule has 1 heterocycles. The number of thiazole rings is 1. The zero-order chi connectivity index (χ0) is 13.5. The van der Waals surface area contributed by atoms with Crippen LogP contribution in [0.1, 0.15) is 23.9 Å². The van der Waals surface area contributed by atoms with Gasteiger partial charge in [-0.1, -0.05) is 18.7 Å². The Labute approximate surface area is 114 Å². The highest BCUT2D eigenvalue weighted by Crippen LogP contribution is 2.27. The molecular weight excluding hydrogens is 272 g/mol. The fourth-order valence-corrected chi connectivity index (χ4v) is 3.26. The molecule has 1 amide bonds. The number of aliphatic carboxylic acids is 1. The molecule has 1 aromatic rings. The van der Waals surface area contributed by atoms with Gasteiger partial charge in [-0.15, -0.1) is 11.3 Å². The molecule has 0 aliphatic heterocycles. The van der Waals surface area contributed by atoms with Crippen molar-refractivity contribution < 1.29 is 14.7 Å². The summed E-state index contributed by atoms with van der Waals surface area (Å²) in [6.45, 7) is 4.46. The Balaban J connectivity index is 2.48. The number of carbonyl (C=O) groups is 2. The van der Waals surface area contributed by atoms with Gasteiger partial charge in [0.15, 0.2) is 4.34 Å². The molecule has 0 aliphatic rings. The van der Waals surface area contributed by atoms with Crippen LogP contribution in [-0.2, 0) is 16.0 Å². The van der Waals surface area contributed by atoms with Crippen molar-refractivity contribution in [2.45, 2.75) is 31.0 Å². The number of carboxylic acids is 1. The van der Waals surface area contributed by atoms with Crippen molar-refractivity contribution >= 4 is 35.0 Å². The highest BCUT2D eigenvalue weighted by Gasteiger charge is 2.12. The Kier molecular flexibility index (Phi) is 6.14. The summed E-state index contributed by atoms with van der Waals surface area (Å²) in [5.41, 5.74) is 0.735. The van der Waals surface area contributed by atoms with Gasteiger partial charge in [0.25, 0.3) is 0 Å². The summed E-state index contributed by atoms with van der Waals surface area (Å²) in [4.78, 5) is 27.0. The van der Waals surface area contributed by atoms with E-state index in [1.165, 1.54) is 23.1 Å². The molecular formula is C11H16N2O3S2. The molecule has 0 saturated carbocycles. The van der Waals surface area contributed by atoms with E-state index in [1.54, 1.807) is 6.92 Å². The van der Waals surface area contributed by atoms with Crippen molar-refractivity contribution in [1.82, 2.24) is 10.3 Å². The first-order chi connectivity index (χ1) is 8.52. The average Bonchev–Trinajstić information content (AvgIpc) is 2.64. The first-order valence-corrected chi connectivity index (χ1v) is 7.40. The fourth-order valence-electron chi connectivity index (χ4n) is 1.21. The van der Waals surface area contributed by atoms with E-state index in [-0.39, 0.29) is 12.3 Å². The second-order valence-corrected chi connectivity index (χ2v) is 6.00. The van der Waals surface area contributed by atoms with Crippen LogP contribution < -0.4 is 5.32 Å². The summed E-state index contributed by atoms with van der Waals surface area (Å²) >= 11 is 2.69. The first-order valence-electron chi connectivity index (χ1n) is 5.60. The van der Waals surface area contributed by atoms with Gasteiger partial charge in [0.2, 0.25) is 5.91 Å². The van der Waals surface area contributed by atoms with Gasteiger partial charge in [-0.3, -0.25) is 9.59 Å². The molecule has 0 fully saturated rings. The van der Waals surface area contributed by atoms with Gasteiger partial charge >= 0.3 is 5.97 Å². The normalized spacial score (nSPS) is 10.3. The van der Waals surface area contributed by atoms with Crippen molar-refractivity contribution in [3.63, 3.8) is 0 Å². The van der Waals surface area contributed by atoms with E-state index in [2.05, 4.69) is 10.3 Å². The smallest absolute Gasteiger partial charge is 0.308 e. The third-order valence-electron chi connectivity index (χ3n) is 2.08. The quantitative estimate of drug-likeness (QED) is 0.747. The number of nitrogens with one attached hydrogen (secondary N) is 1. The Morgan fingerprint density at radius 2 is 2.22 bits per heavy atom. The van der Waals surface area contributed by atoms with E-state index in [0.29, 0.717) is 12.3 Å². The number of hydrogen-bond donors (Lipinski definition) is 2. The molecule has 0 aromatic carbocycles. The van der Waals surface area contributed by atoms with Crippen molar-refractivity contribution in [3.05, 3.63) is 10.6 Å². The first kappa shape index (κ1) is 15.0. The SMILES string of the molecule is CCCNC(=O)CSc1nc(C)c(CC(=O)O)s1. The lowest BCUT2D eigenvalue weighted by atomic mass is 10.3. The van der Waals surface area contributed by atoms with Crippen LogP contribution in [0, 0.1) is 6.92 Å². The number of aromatic nitrogens is 1. The van der Waals surface area contributed by atoms with Crippen LogP contribution in [0.4, 0.5) is 0 Å². The van der Waals surface area contributed by atoms with Crippen molar-refractivity contribution in [1.29, 1.82) is 0 Å². The summed E-state index contributed by atoms with van der Waals surface area (Å²) in [6, 6.07) is 0. The monoisotopic (exact) mass is 288 g/mol. The molecule has 2 N–H and O–H groups in total. The number of aryl methyl sites for hydroxylation is 1. The van der Waals surface area contributed by atoms with Gasteiger partial charge in [-0.05, 0) is 13.3 Å². The zero-order valence-corrected chi connectivity index (χ0v) is 12.0. The van der Waals surface area contributed by atoms with Gasteiger partial charge in [0, 0.05) is 11.4 Å². The van der Waals surface area contributed by atoms with E-state index in [4.69, 9.17) is 5.11 Å². The second kappa shape index (κ2) is 7.38. The molecule has 1 aromatic heterocycles. The summed E-state index contributed by atoms with van der Waals surface area (Å²) in [5.74, 6) is -0.562. The molecule has 5 nitrogen and oxygen atoms in total. The second-order valence-electron chi connectivity index (χ2n) is 3.70. The van der Waals surface area contributed by atoms with Crippen molar-refractivity contribution in [2.24, 2.45) is 0 Å². The van der Waals surface area contributed by atoms with Crippen LogP contribution in [0.15, 0.2) is 4.34 Å². The molecule has 100 valence electrons. The third kappa shape index (κ3) is 5.05. The largest absolute Gasteiger partial charge is 0.481 e. The molecule has 18 heavy (non-hydrogen) atoms. The molecule has 0 bridgehead atoms. The minimum absolute atomic E-state index is 0.00785. The van der Waals surface area contributed by atoms with Crippen LogP contribution in [0.25, 0.3) is 0 Å². The number of rotatable bonds is 7. The Morgan fingerprint density at radius 3 is 2.83 bits per heavy atom. The van der Waals surface area contributed by atoms with Crippen LogP contribution in [0.2, 0.25) is 0 Å². The Hall–Kier alpha value is -1.08. The number of thioether (sulfide) groups is 1. The van der Waals surface area contributed by atoms with Gasteiger partial charge in [0.05, 0.1) is 17.9 Å². The molecule has 0 atom stereocenters. The summed E-state index contributed by atoms with van der Waals surface area (Å²) in [5, 5.41) is 11.5. The topological polar surface area (TPSA) is 79.3 Å². The maximum absolute atomic E-state index is 11.4. The van der Waals surface area contributed by atoms with Crippen molar-refractivity contribution in [2.75, 3.05) is 12.3 Å². The molecule has 7 heteroatoms. The van der Waals surface area contributed by atoms with Gasteiger partial charge in [-0.25, -0.2) is 4.98 Å². The van der Waals surface area contributed by atoms with Crippen LogP contribution in [-0.4, -0.2) is 34.3 Å². The third-order valence-corrected chi connectivity index (χ3v) is 4.38. The number of nitrogens with zero attached hydrogens (tertiary/aromatic N) is 1. The van der Waals surface area contributed by atoms with Gasteiger partial charge < -0.3 is 10.4 Å². The average molecular weight is 288 g/mol. The molecule has 0 spiro atoms. The highest BCUT2D eigenvalue weighted by atomic mass is 32.2. The van der Waals surface area contributed by atoms with E-state index < -0.39 is 5.97 Å². The lowest BCUT2D eigenvalue weighted by molar-refractivity contribution is -0.136. The maximum atomic E-state index is 11.4. The van der Waals surface area contributed by atoms with Crippen LogP contribution >= 0.6 is 23.1 Å². The molecule has 0 radical (unpaired) electrons. The fraction of sp³-hybridized carbons (Fsp3) is 0.545. The predicted octanol–water partition coefficient (Wildman–Crippen LogP) is 1.70. The van der Waals surface area contributed by atoms with E-state index in [1.807, 2.05) is 6.92 Å². The van der Waals surface area contributed by atoms with Gasteiger partial charge in [0.1, 0.15) is 0 Å².